The average Bonchev–Trinajstić information content (AvgIpc) is 3.34. The first-order valence-corrected chi connectivity index (χ1v) is 8.29. The highest BCUT2D eigenvalue weighted by Gasteiger charge is 2.19. The fourth-order valence-corrected chi connectivity index (χ4v) is 2.52. The molecule has 3 rings (SSSR count). The van der Waals surface area contributed by atoms with Crippen LogP contribution in [0.1, 0.15) is 39.2 Å². The largest absolute Gasteiger partial charge is 0.504 e. The first kappa shape index (κ1) is 19.0. The molecular formula is C18H16FN5O4. The maximum Gasteiger partial charge on any atom is 0.339 e. The van der Waals surface area contributed by atoms with Gasteiger partial charge < -0.3 is 14.4 Å². The Morgan fingerprint density at radius 2 is 2.14 bits per heavy atom. The van der Waals surface area contributed by atoms with Crippen molar-refractivity contribution in [1.82, 2.24) is 25.2 Å². The summed E-state index contributed by atoms with van der Waals surface area (Å²) >= 11 is 0. The Hall–Kier alpha value is -3.82. The Labute approximate surface area is 158 Å². The Bertz CT molecular complexity index is 1030. The van der Waals surface area contributed by atoms with Crippen molar-refractivity contribution in [3.05, 3.63) is 71.1 Å². The number of aliphatic hydroxyl groups excluding tert-OH is 1. The number of hydrogen-bond donors (Lipinski definition) is 2. The molecule has 0 saturated heterocycles. The standard InChI is InChI=1S/C18H16FN5O4/c1-2-28-18(27)12-7-14(15(25)8-16(26)17-20-22-23-21-17)24(10-12)9-11-5-3-4-6-13(11)19/h3-8,10,26H,2,9H2,1H3,(H,20,21,22,23). The fourth-order valence-electron chi connectivity index (χ4n) is 2.52. The summed E-state index contributed by atoms with van der Waals surface area (Å²) in [6, 6.07) is 7.41. The van der Waals surface area contributed by atoms with Gasteiger partial charge in [0.1, 0.15) is 5.82 Å². The molecule has 0 aliphatic carbocycles. The summed E-state index contributed by atoms with van der Waals surface area (Å²) in [5, 5.41) is 22.6. The highest BCUT2D eigenvalue weighted by Crippen LogP contribution is 2.17. The molecule has 0 aliphatic rings. The van der Waals surface area contributed by atoms with E-state index >= 15 is 0 Å². The molecule has 0 aliphatic heterocycles. The zero-order valence-electron chi connectivity index (χ0n) is 14.8. The number of esters is 1. The number of aromatic amines is 1. The van der Waals surface area contributed by atoms with Crippen molar-refractivity contribution in [1.29, 1.82) is 0 Å². The Balaban J connectivity index is 1.98. The molecule has 2 aromatic heterocycles. The third-order valence-electron chi connectivity index (χ3n) is 3.80. The van der Waals surface area contributed by atoms with Crippen molar-refractivity contribution in [2.75, 3.05) is 6.61 Å². The first-order valence-electron chi connectivity index (χ1n) is 8.29. The second-order valence-electron chi connectivity index (χ2n) is 5.68. The number of ether oxygens (including phenoxy) is 1. The predicted molar refractivity (Wildman–Crippen MR) is 95.0 cm³/mol. The van der Waals surface area contributed by atoms with Crippen LogP contribution in [-0.2, 0) is 11.3 Å². The van der Waals surface area contributed by atoms with Gasteiger partial charge >= 0.3 is 5.97 Å². The Morgan fingerprint density at radius 1 is 1.36 bits per heavy atom. The fraction of sp³-hybridized carbons (Fsp3) is 0.167. The maximum absolute atomic E-state index is 14.0. The molecule has 0 unspecified atom stereocenters. The van der Waals surface area contributed by atoms with E-state index in [1.165, 1.54) is 22.9 Å². The van der Waals surface area contributed by atoms with E-state index in [-0.39, 0.29) is 30.2 Å². The van der Waals surface area contributed by atoms with E-state index in [2.05, 4.69) is 20.6 Å². The quantitative estimate of drug-likeness (QED) is 0.276. The number of hydrogen-bond acceptors (Lipinski definition) is 7. The number of tetrazole rings is 1. The normalized spacial score (nSPS) is 11.4. The number of aliphatic hydroxyl groups is 1. The van der Waals surface area contributed by atoms with Crippen molar-refractivity contribution in [3.63, 3.8) is 0 Å². The van der Waals surface area contributed by atoms with Gasteiger partial charge in [-0.15, -0.1) is 10.2 Å². The van der Waals surface area contributed by atoms with E-state index in [9.17, 15) is 19.1 Å². The molecule has 2 N–H and O–H groups in total. The molecule has 10 heteroatoms. The van der Waals surface area contributed by atoms with E-state index in [1.807, 2.05) is 0 Å². The molecule has 1 aromatic carbocycles. The van der Waals surface area contributed by atoms with Crippen molar-refractivity contribution in [2.24, 2.45) is 0 Å². The minimum absolute atomic E-state index is 0.00393. The zero-order valence-corrected chi connectivity index (χ0v) is 14.8. The van der Waals surface area contributed by atoms with Crippen LogP contribution in [0.15, 0.2) is 42.6 Å². The average molecular weight is 385 g/mol. The van der Waals surface area contributed by atoms with E-state index in [1.54, 1.807) is 25.1 Å². The van der Waals surface area contributed by atoms with Gasteiger partial charge in [-0.05, 0) is 24.3 Å². The molecule has 2 heterocycles. The van der Waals surface area contributed by atoms with E-state index in [4.69, 9.17) is 4.74 Å². The highest BCUT2D eigenvalue weighted by atomic mass is 19.1. The van der Waals surface area contributed by atoms with Crippen LogP contribution >= 0.6 is 0 Å². The summed E-state index contributed by atoms with van der Waals surface area (Å²) in [4.78, 5) is 24.7. The number of carbonyl (C=O) groups is 2. The van der Waals surface area contributed by atoms with Crippen LogP contribution in [0, 0.1) is 5.82 Å². The van der Waals surface area contributed by atoms with Crippen LogP contribution in [-0.4, -0.2) is 48.7 Å². The van der Waals surface area contributed by atoms with Gasteiger partial charge in [0.2, 0.25) is 11.6 Å². The van der Waals surface area contributed by atoms with Gasteiger partial charge in [-0.1, -0.05) is 18.2 Å². The molecule has 0 radical (unpaired) electrons. The smallest absolute Gasteiger partial charge is 0.339 e. The maximum atomic E-state index is 14.0. The second-order valence-corrected chi connectivity index (χ2v) is 5.68. The number of nitrogens with zero attached hydrogens (tertiary/aromatic N) is 4. The van der Waals surface area contributed by atoms with Crippen LogP contribution in [0.2, 0.25) is 0 Å². The van der Waals surface area contributed by atoms with Crippen molar-refractivity contribution >= 4 is 17.5 Å². The third-order valence-corrected chi connectivity index (χ3v) is 3.80. The Kier molecular flexibility index (Phi) is 5.58. The van der Waals surface area contributed by atoms with Crippen LogP contribution in [0.4, 0.5) is 4.39 Å². The summed E-state index contributed by atoms with van der Waals surface area (Å²) in [6.45, 7) is 1.83. The van der Waals surface area contributed by atoms with Crippen molar-refractivity contribution < 1.29 is 23.8 Å². The molecular weight excluding hydrogens is 369 g/mol. The predicted octanol–water partition coefficient (Wildman–Crippen LogP) is 2.15. The topological polar surface area (TPSA) is 123 Å². The molecule has 0 saturated carbocycles. The number of halogens is 1. The molecule has 28 heavy (non-hydrogen) atoms. The lowest BCUT2D eigenvalue weighted by molar-refractivity contribution is 0.0526. The lowest BCUT2D eigenvalue weighted by Gasteiger charge is -2.08. The van der Waals surface area contributed by atoms with Crippen LogP contribution in [0.25, 0.3) is 5.76 Å². The van der Waals surface area contributed by atoms with E-state index < -0.39 is 23.3 Å². The summed E-state index contributed by atoms with van der Waals surface area (Å²) in [5.74, 6) is -2.36. The van der Waals surface area contributed by atoms with Crippen LogP contribution < -0.4 is 0 Å². The summed E-state index contributed by atoms with van der Waals surface area (Å²) in [5.41, 5.74) is 0.518. The number of ketones is 1. The van der Waals surface area contributed by atoms with Gasteiger partial charge in [0.05, 0.1) is 24.4 Å². The van der Waals surface area contributed by atoms with Crippen LogP contribution in [0.5, 0.6) is 0 Å². The first-order chi connectivity index (χ1) is 13.5. The minimum atomic E-state index is -0.630. The molecule has 9 nitrogen and oxygen atoms in total. The summed E-state index contributed by atoms with van der Waals surface area (Å²) in [7, 11) is 0. The zero-order chi connectivity index (χ0) is 20.1. The number of nitrogens with one attached hydrogen (secondary N) is 1. The molecule has 0 amide bonds. The molecule has 3 aromatic rings. The molecule has 0 bridgehead atoms. The molecule has 0 spiro atoms. The Morgan fingerprint density at radius 3 is 2.82 bits per heavy atom. The lowest BCUT2D eigenvalue weighted by Crippen LogP contribution is -2.09. The van der Waals surface area contributed by atoms with Gasteiger partial charge in [0.15, 0.2) is 5.76 Å². The van der Waals surface area contributed by atoms with Gasteiger partial charge in [-0.25, -0.2) is 9.18 Å². The number of carbonyl (C=O) groups excluding carboxylic acids is 2. The van der Waals surface area contributed by atoms with E-state index in [0.29, 0.717) is 5.56 Å². The third kappa shape index (κ3) is 4.11. The second kappa shape index (κ2) is 8.25. The van der Waals surface area contributed by atoms with Crippen LogP contribution in [0.3, 0.4) is 0 Å². The van der Waals surface area contributed by atoms with Gasteiger partial charge in [-0.3, -0.25) is 4.79 Å². The number of H-pyrrole nitrogens is 1. The van der Waals surface area contributed by atoms with Crippen molar-refractivity contribution in [3.8, 4) is 0 Å². The minimum Gasteiger partial charge on any atom is -0.504 e. The highest BCUT2D eigenvalue weighted by molar-refractivity contribution is 6.08. The summed E-state index contributed by atoms with van der Waals surface area (Å²) in [6.07, 6.45) is 2.30. The molecule has 0 atom stereocenters. The number of allylic oxidation sites excluding steroid dienone is 1. The number of rotatable bonds is 7. The van der Waals surface area contributed by atoms with Gasteiger partial charge in [0, 0.05) is 17.8 Å². The number of aromatic nitrogens is 5. The lowest BCUT2D eigenvalue weighted by atomic mass is 10.2. The van der Waals surface area contributed by atoms with Crippen molar-refractivity contribution in [2.45, 2.75) is 13.5 Å². The monoisotopic (exact) mass is 385 g/mol. The van der Waals surface area contributed by atoms with Gasteiger partial charge in [0.25, 0.3) is 0 Å². The summed E-state index contributed by atoms with van der Waals surface area (Å²) < 4.78 is 20.4. The molecule has 144 valence electrons. The SMILES string of the molecule is CCOC(=O)c1cc(C(=O)C=C(O)c2nn[nH]n2)n(Cc2ccccc2F)c1. The van der Waals surface area contributed by atoms with E-state index in [0.717, 1.165) is 6.08 Å². The molecule has 0 fully saturated rings. The van der Waals surface area contributed by atoms with Gasteiger partial charge in [-0.2, -0.15) is 5.21 Å². The number of benzene rings is 1.